The third-order valence-corrected chi connectivity index (χ3v) is 6.21. The molecule has 26 heavy (non-hydrogen) atoms. The van der Waals surface area contributed by atoms with Gasteiger partial charge < -0.3 is 5.32 Å². The summed E-state index contributed by atoms with van der Waals surface area (Å²) < 4.78 is 38.0. The van der Waals surface area contributed by atoms with Gasteiger partial charge in [-0.05, 0) is 54.2 Å². The smallest absolute Gasteiger partial charge is 0.350 e. The molecule has 2 heterocycles. The molecular weight excluding hydrogens is 381 g/mol. The van der Waals surface area contributed by atoms with E-state index in [1.807, 2.05) is 6.92 Å². The van der Waals surface area contributed by atoms with E-state index < -0.39 is 11.4 Å². The Kier molecular flexibility index (Phi) is 5.94. The first-order chi connectivity index (χ1) is 12.3. The molecule has 2 aromatic rings. The third-order valence-electron chi connectivity index (χ3n) is 4.38. The first kappa shape index (κ1) is 19.3. The van der Waals surface area contributed by atoms with E-state index in [-0.39, 0.29) is 28.3 Å². The van der Waals surface area contributed by atoms with Crippen LogP contribution in [0.1, 0.15) is 27.7 Å². The topological polar surface area (TPSA) is 32.3 Å². The summed E-state index contributed by atoms with van der Waals surface area (Å²) in [5.74, 6) is -0.475. The summed E-state index contributed by atoms with van der Waals surface area (Å²) in [6.45, 7) is 4.18. The molecule has 3 nitrogen and oxygen atoms in total. The zero-order chi connectivity index (χ0) is 18.7. The number of thiophene rings is 1. The van der Waals surface area contributed by atoms with Crippen LogP contribution in [0.4, 0.5) is 13.2 Å². The summed E-state index contributed by atoms with van der Waals surface area (Å²) in [7, 11) is 0. The van der Waals surface area contributed by atoms with Gasteiger partial charge >= 0.3 is 5.51 Å². The molecule has 0 saturated heterocycles. The number of benzene rings is 1. The number of carbonyl (C=O) groups excluding carboxylic acids is 1. The minimum atomic E-state index is -4.42. The maximum absolute atomic E-state index is 12.7. The first-order valence-electron chi connectivity index (χ1n) is 8.26. The molecule has 1 aromatic heterocycles. The molecule has 1 amide bonds. The Hall–Kier alpha value is -1.51. The van der Waals surface area contributed by atoms with Crippen LogP contribution in [-0.4, -0.2) is 35.4 Å². The van der Waals surface area contributed by atoms with Crippen molar-refractivity contribution in [2.75, 3.05) is 13.1 Å². The highest BCUT2D eigenvalue weighted by Gasteiger charge is 2.31. The molecule has 0 fully saturated rings. The van der Waals surface area contributed by atoms with Gasteiger partial charge in [-0.2, -0.15) is 13.2 Å². The highest BCUT2D eigenvalue weighted by Crippen LogP contribution is 2.38. The molecule has 1 aliphatic heterocycles. The number of alkyl halides is 3. The summed E-state index contributed by atoms with van der Waals surface area (Å²) in [4.78, 5) is 16.0. The molecule has 8 heteroatoms. The Morgan fingerprint density at radius 3 is 2.88 bits per heavy atom. The van der Waals surface area contributed by atoms with Crippen molar-refractivity contribution in [2.24, 2.45) is 0 Å². The predicted octanol–water partition coefficient (Wildman–Crippen LogP) is 4.54. The second-order valence-electron chi connectivity index (χ2n) is 6.19. The van der Waals surface area contributed by atoms with Crippen molar-refractivity contribution in [3.63, 3.8) is 0 Å². The minimum absolute atomic E-state index is 0.0563. The van der Waals surface area contributed by atoms with Crippen LogP contribution in [0.25, 0.3) is 0 Å². The molecule has 1 N–H and O–H groups in total. The third kappa shape index (κ3) is 4.81. The fourth-order valence-electron chi connectivity index (χ4n) is 2.98. The molecule has 0 bridgehead atoms. The van der Waals surface area contributed by atoms with Gasteiger partial charge in [0, 0.05) is 35.4 Å². The van der Waals surface area contributed by atoms with E-state index in [0.717, 1.165) is 19.5 Å². The fourth-order valence-corrected chi connectivity index (χ4v) is 4.54. The number of halogens is 3. The van der Waals surface area contributed by atoms with E-state index in [0.29, 0.717) is 6.54 Å². The van der Waals surface area contributed by atoms with E-state index in [2.05, 4.69) is 21.7 Å². The quantitative estimate of drug-likeness (QED) is 0.748. The van der Waals surface area contributed by atoms with Gasteiger partial charge in [0.05, 0.1) is 5.56 Å². The summed E-state index contributed by atoms with van der Waals surface area (Å²) in [6, 6.07) is 8.05. The molecule has 0 radical (unpaired) electrons. The van der Waals surface area contributed by atoms with Gasteiger partial charge in [-0.3, -0.25) is 9.69 Å². The van der Waals surface area contributed by atoms with Crippen molar-refractivity contribution in [3.8, 4) is 0 Å². The van der Waals surface area contributed by atoms with Crippen LogP contribution in [0.2, 0.25) is 0 Å². The van der Waals surface area contributed by atoms with Crippen molar-refractivity contribution in [3.05, 3.63) is 51.7 Å². The average molecular weight is 400 g/mol. The van der Waals surface area contributed by atoms with Gasteiger partial charge in [0.1, 0.15) is 0 Å². The van der Waals surface area contributed by atoms with Crippen LogP contribution in [0.5, 0.6) is 0 Å². The van der Waals surface area contributed by atoms with Gasteiger partial charge in [0.25, 0.3) is 5.91 Å². The Labute approximate surface area is 158 Å². The number of fused-ring (bicyclic) bond motifs is 1. The molecule has 0 aliphatic carbocycles. The number of rotatable bonds is 5. The Morgan fingerprint density at radius 1 is 1.35 bits per heavy atom. The predicted molar refractivity (Wildman–Crippen MR) is 98.6 cm³/mol. The SMILES string of the molecule is CC(CNC(=O)c1ccccc1SC(F)(F)F)N1CCc2sccc2C1. The number of hydrogen-bond donors (Lipinski definition) is 1. The molecule has 1 unspecified atom stereocenters. The van der Waals surface area contributed by atoms with Crippen molar-refractivity contribution in [1.29, 1.82) is 0 Å². The average Bonchev–Trinajstić information content (AvgIpc) is 3.06. The first-order valence-corrected chi connectivity index (χ1v) is 9.95. The molecule has 1 aliphatic rings. The second-order valence-corrected chi connectivity index (χ2v) is 8.30. The molecular formula is C18H19F3N2OS2. The highest BCUT2D eigenvalue weighted by molar-refractivity contribution is 8.00. The largest absolute Gasteiger partial charge is 0.446 e. The van der Waals surface area contributed by atoms with Crippen molar-refractivity contribution >= 4 is 29.0 Å². The lowest BCUT2D eigenvalue weighted by Gasteiger charge is -2.32. The highest BCUT2D eigenvalue weighted by atomic mass is 32.2. The van der Waals surface area contributed by atoms with Gasteiger partial charge in [0.2, 0.25) is 0 Å². The van der Waals surface area contributed by atoms with Crippen LogP contribution in [0, 0.1) is 0 Å². The molecule has 1 aromatic carbocycles. The van der Waals surface area contributed by atoms with Crippen molar-refractivity contribution < 1.29 is 18.0 Å². The lowest BCUT2D eigenvalue weighted by atomic mass is 10.1. The van der Waals surface area contributed by atoms with Gasteiger partial charge in [-0.15, -0.1) is 11.3 Å². The minimum Gasteiger partial charge on any atom is -0.350 e. The Morgan fingerprint density at radius 2 is 2.12 bits per heavy atom. The maximum atomic E-state index is 12.7. The van der Waals surface area contributed by atoms with Crippen molar-refractivity contribution in [2.45, 2.75) is 36.3 Å². The van der Waals surface area contributed by atoms with E-state index in [4.69, 9.17) is 0 Å². The van der Waals surface area contributed by atoms with Crippen LogP contribution in [-0.2, 0) is 13.0 Å². The molecule has 140 valence electrons. The lowest BCUT2D eigenvalue weighted by molar-refractivity contribution is -0.0328. The van der Waals surface area contributed by atoms with Crippen molar-refractivity contribution in [1.82, 2.24) is 10.2 Å². The number of carbonyl (C=O) groups is 1. The monoisotopic (exact) mass is 400 g/mol. The number of hydrogen-bond acceptors (Lipinski definition) is 4. The zero-order valence-corrected chi connectivity index (χ0v) is 15.8. The van der Waals surface area contributed by atoms with E-state index in [9.17, 15) is 18.0 Å². The summed E-state index contributed by atoms with van der Waals surface area (Å²) in [6.07, 6.45) is 0.996. The standard InChI is InChI=1S/C18H19F3N2OS2/c1-12(23-8-6-15-13(11-23)7-9-25-15)10-22-17(24)14-4-2-3-5-16(14)26-18(19,20)21/h2-5,7,9,12H,6,8,10-11H2,1H3,(H,22,24). The summed E-state index contributed by atoms with van der Waals surface area (Å²) >= 11 is 1.51. The Balaban J connectivity index is 1.59. The summed E-state index contributed by atoms with van der Waals surface area (Å²) in [5, 5.41) is 4.87. The fraction of sp³-hybridized carbons (Fsp3) is 0.389. The van der Waals surface area contributed by atoms with Gasteiger partial charge in [-0.1, -0.05) is 12.1 Å². The second kappa shape index (κ2) is 8.02. The lowest BCUT2D eigenvalue weighted by Crippen LogP contribution is -2.44. The van der Waals surface area contributed by atoms with Gasteiger partial charge in [0.15, 0.2) is 0 Å². The van der Waals surface area contributed by atoms with E-state index in [1.54, 1.807) is 17.4 Å². The number of amides is 1. The van der Waals surface area contributed by atoms with Crippen LogP contribution in [0.3, 0.4) is 0 Å². The normalized spacial score (nSPS) is 16.2. The van der Waals surface area contributed by atoms with Crippen LogP contribution < -0.4 is 5.32 Å². The van der Waals surface area contributed by atoms with E-state index in [1.165, 1.54) is 28.6 Å². The van der Waals surface area contributed by atoms with E-state index >= 15 is 0 Å². The Bertz CT molecular complexity index is 776. The van der Waals surface area contributed by atoms with Gasteiger partial charge in [-0.25, -0.2) is 0 Å². The maximum Gasteiger partial charge on any atom is 0.446 e. The summed E-state index contributed by atoms with van der Waals surface area (Å²) in [5.41, 5.74) is -3.04. The molecule has 1 atom stereocenters. The molecule has 3 rings (SSSR count). The molecule has 0 saturated carbocycles. The number of thioether (sulfide) groups is 1. The zero-order valence-electron chi connectivity index (χ0n) is 14.2. The molecule has 0 spiro atoms. The van der Waals surface area contributed by atoms with Crippen LogP contribution in [0.15, 0.2) is 40.6 Å². The number of nitrogens with zero attached hydrogens (tertiary/aromatic N) is 1. The van der Waals surface area contributed by atoms with Crippen LogP contribution >= 0.6 is 23.1 Å². The number of nitrogens with one attached hydrogen (secondary N) is 1.